The largest absolute Gasteiger partial charge is 0.480 e. The van der Waals surface area contributed by atoms with Crippen LogP contribution in [0.4, 0.5) is 0 Å². The lowest BCUT2D eigenvalue weighted by Crippen LogP contribution is -2.55. The first-order chi connectivity index (χ1) is 13.7. The number of aliphatic carboxylic acids is 1. The Kier molecular flexibility index (Phi) is 10.6. The van der Waals surface area contributed by atoms with E-state index in [0.717, 1.165) is 5.56 Å². The number of benzene rings is 1. The molecule has 0 unspecified atom stereocenters. The zero-order valence-corrected chi connectivity index (χ0v) is 16.8. The summed E-state index contributed by atoms with van der Waals surface area (Å²) in [5.41, 5.74) is 11.6. The van der Waals surface area contributed by atoms with Gasteiger partial charge in [0.1, 0.15) is 12.1 Å². The first-order valence-electron chi connectivity index (χ1n) is 9.06. The lowest BCUT2D eigenvalue weighted by Gasteiger charge is -2.23. The second kappa shape index (κ2) is 12.6. The Morgan fingerprint density at radius 3 is 2.28 bits per heavy atom. The zero-order chi connectivity index (χ0) is 21.8. The average Bonchev–Trinajstić information content (AvgIpc) is 2.69. The molecule has 160 valence electrons. The molecule has 11 heteroatoms. The van der Waals surface area contributed by atoms with Gasteiger partial charge in [0.25, 0.3) is 0 Å². The number of carboxylic acid groups (broad SMARTS) is 1. The molecule has 0 fully saturated rings. The number of carboxylic acids is 1. The van der Waals surface area contributed by atoms with Crippen molar-refractivity contribution in [1.29, 1.82) is 5.41 Å². The van der Waals surface area contributed by atoms with Crippen LogP contribution in [0.5, 0.6) is 0 Å². The summed E-state index contributed by atoms with van der Waals surface area (Å²) < 4.78 is 0. The molecule has 0 bridgehead atoms. The molecule has 3 atom stereocenters. The molecule has 0 aliphatic rings. The Bertz CT molecular complexity index is 703. The molecule has 0 aromatic heterocycles. The van der Waals surface area contributed by atoms with Crippen molar-refractivity contribution < 1.29 is 19.5 Å². The number of nitrogens with two attached hydrogens (primary N) is 2. The van der Waals surface area contributed by atoms with Crippen LogP contribution in [0.25, 0.3) is 0 Å². The van der Waals surface area contributed by atoms with E-state index in [1.54, 1.807) is 24.3 Å². The summed E-state index contributed by atoms with van der Waals surface area (Å²) >= 11 is 3.96. The number of hydrogen-bond acceptors (Lipinski definition) is 6. The molecular weight excluding hydrogens is 396 g/mol. The number of nitrogens with one attached hydrogen (secondary N) is 4. The van der Waals surface area contributed by atoms with Gasteiger partial charge in [-0.2, -0.15) is 12.6 Å². The van der Waals surface area contributed by atoms with Gasteiger partial charge < -0.3 is 32.5 Å². The van der Waals surface area contributed by atoms with Crippen molar-refractivity contribution in [2.24, 2.45) is 11.5 Å². The SMILES string of the molecule is N=C(N)NCCC[C@H](NC(=O)[C@@H](N)CS)C(=O)N[C@@H](Cc1ccccc1)C(=O)O. The molecule has 10 nitrogen and oxygen atoms in total. The van der Waals surface area contributed by atoms with Gasteiger partial charge in [-0.25, -0.2) is 4.79 Å². The van der Waals surface area contributed by atoms with E-state index in [1.807, 2.05) is 6.07 Å². The fourth-order valence-corrected chi connectivity index (χ4v) is 2.65. The van der Waals surface area contributed by atoms with Crippen molar-refractivity contribution in [3.05, 3.63) is 35.9 Å². The van der Waals surface area contributed by atoms with Crippen molar-refractivity contribution in [1.82, 2.24) is 16.0 Å². The maximum atomic E-state index is 12.7. The number of thiol groups is 1. The van der Waals surface area contributed by atoms with Crippen LogP contribution in [-0.2, 0) is 20.8 Å². The van der Waals surface area contributed by atoms with Gasteiger partial charge in [-0.15, -0.1) is 0 Å². The second-order valence-electron chi connectivity index (χ2n) is 6.42. The summed E-state index contributed by atoms with van der Waals surface area (Å²) in [4.78, 5) is 36.4. The Morgan fingerprint density at radius 1 is 1.10 bits per heavy atom. The van der Waals surface area contributed by atoms with Crippen LogP contribution in [0.2, 0.25) is 0 Å². The summed E-state index contributed by atoms with van der Waals surface area (Å²) in [7, 11) is 0. The Labute approximate surface area is 174 Å². The minimum atomic E-state index is -1.18. The Morgan fingerprint density at radius 2 is 1.72 bits per heavy atom. The smallest absolute Gasteiger partial charge is 0.326 e. The number of carbonyl (C=O) groups excluding carboxylic acids is 2. The summed E-state index contributed by atoms with van der Waals surface area (Å²) in [6, 6.07) is 5.85. The van der Waals surface area contributed by atoms with Gasteiger partial charge in [0.2, 0.25) is 11.8 Å². The van der Waals surface area contributed by atoms with Crippen LogP contribution in [0.1, 0.15) is 18.4 Å². The molecule has 0 radical (unpaired) electrons. The van der Waals surface area contributed by atoms with Crippen LogP contribution < -0.4 is 27.4 Å². The molecule has 1 aromatic rings. The van der Waals surface area contributed by atoms with Gasteiger partial charge in [-0.05, 0) is 18.4 Å². The summed E-state index contributed by atoms with van der Waals surface area (Å²) in [6.07, 6.45) is 0.712. The zero-order valence-electron chi connectivity index (χ0n) is 15.9. The molecule has 0 spiro atoms. The summed E-state index contributed by atoms with van der Waals surface area (Å²) in [5, 5.41) is 24.2. The second-order valence-corrected chi connectivity index (χ2v) is 6.79. The molecule has 0 saturated carbocycles. The van der Waals surface area contributed by atoms with Gasteiger partial charge in [-0.1, -0.05) is 30.3 Å². The van der Waals surface area contributed by atoms with E-state index >= 15 is 0 Å². The molecule has 29 heavy (non-hydrogen) atoms. The van der Waals surface area contributed by atoms with Gasteiger partial charge in [0.05, 0.1) is 6.04 Å². The molecule has 0 aliphatic carbocycles. The van der Waals surface area contributed by atoms with Crippen molar-refractivity contribution in [2.75, 3.05) is 12.3 Å². The quantitative estimate of drug-likeness (QED) is 0.0897. The fraction of sp³-hybridized carbons (Fsp3) is 0.444. The Balaban J connectivity index is 2.81. The highest BCUT2D eigenvalue weighted by molar-refractivity contribution is 7.80. The van der Waals surface area contributed by atoms with Crippen molar-refractivity contribution in [3.63, 3.8) is 0 Å². The van der Waals surface area contributed by atoms with Crippen molar-refractivity contribution in [3.8, 4) is 0 Å². The van der Waals surface area contributed by atoms with Gasteiger partial charge >= 0.3 is 5.97 Å². The van der Waals surface area contributed by atoms with Gasteiger partial charge in [0, 0.05) is 18.7 Å². The van der Waals surface area contributed by atoms with Crippen molar-refractivity contribution in [2.45, 2.75) is 37.4 Å². The normalized spacial score (nSPS) is 13.6. The van der Waals surface area contributed by atoms with E-state index in [0.29, 0.717) is 13.0 Å². The Hall–Kier alpha value is -2.79. The van der Waals surface area contributed by atoms with Crippen LogP contribution in [-0.4, -0.2) is 59.3 Å². The highest BCUT2D eigenvalue weighted by Crippen LogP contribution is 2.05. The summed E-state index contributed by atoms with van der Waals surface area (Å²) in [5.74, 6) is -2.48. The number of guanidine groups is 1. The van der Waals surface area contributed by atoms with E-state index in [9.17, 15) is 19.5 Å². The third-order valence-corrected chi connectivity index (χ3v) is 4.44. The predicted molar refractivity (Wildman–Crippen MR) is 113 cm³/mol. The maximum absolute atomic E-state index is 12.7. The number of carbonyl (C=O) groups is 3. The third kappa shape index (κ3) is 9.30. The standard InChI is InChI=1S/C18H28N6O4S/c19-12(10-29)15(25)23-13(7-4-8-22-18(20)21)16(26)24-14(17(27)28)9-11-5-2-1-3-6-11/h1-3,5-6,12-14,29H,4,7-10,19H2,(H,23,25)(H,24,26)(H,27,28)(H4,20,21,22)/t12-,13-,14-/m0/s1. The molecule has 0 aliphatic heterocycles. The minimum absolute atomic E-state index is 0.0951. The van der Waals surface area contributed by atoms with E-state index in [1.165, 1.54) is 0 Å². The van der Waals surface area contributed by atoms with Gasteiger partial charge in [0.15, 0.2) is 5.96 Å². The monoisotopic (exact) mass is 424 g/mol. The fourth-order valence-electron chi connectivity index (χ4n) is 2.48. The van der Waals surface area contributed by atoms with E-state index in [-0.39, 0.29) is 24.6 Å². The minimum Gasteiger partial charge on any atom is -0.480 e. The lowest BCUT2D eigenvalue weighted by atomic mass is 10.0. The maximum Gasteiger partial charge on any atom is 0.326 e. The van der Waals surface area contributed by atoms with E-state index < -0.39 is 35.9 Å². The topological polar surface area (TPSA) is 183 Å². The van der Waals surface area contributed by atoms with E-state index in [4.69, 9.17) is 16.9 Å². The molecular formula is C18H28N6O4S. The highest BCUT2D eigenvalue weighted by Gasteiger charge is 2.27. The number of rotatable bonds is 12. The lowest BCUT2D eigenvalue weighted by molar-refractivity contribution is -0.142. The number of hydrogen-bond donors (Lipinski definition) is 8. The first kappa shape index (κ1) is 24.2. The molecule has 0 saturated heterocycles. The average molecular weight is 425 g/mol. The van der Waals surface area contributed by atoms with Crippen LogP contribution in [0, 0.1) is 5.41 Å². The van der Waals surface area contributed by atoms with Gasteiger partial charge in [-0.3, -0.25) is 15.0 Å². The van der Waals surface area contributed by atoms with Crippen LogP contribution >= 0.6 is 12.6 Å². The van der Waals surface area contributed by atoms with E-state index in [2.05, 4.69) is 28.6 Å². The van der Waals surface area contributed by atoms with Crippen LogP contribution in [0.15, 0.2) is 30.3 Å². The highest BCUT2D eigenvalue weighted by atomic mass is 32.1. The van der Waals surface area contributed by atoms with Crippen LogP contribution in [0.3, 0.4) is 0 Å². The molecule has 9 N–H and O–H groups in total. The number of amides is 2. The first-order valence-corrected chi connectivity index (χ1v) is 9.69. The molecule has 1 rings (SSSR count). The molecule has 0 heterocycles. The van der Waals surface area contributed by atoms with Crippen molar-refractivity contribution >= 4 is 36.4 Å². The molecule has 1 aromatic carbocycles. The summed E-state index contributed by atoms with van der Waals surface area (Å²) in [6.45, 7) is 0.319. The predicted octanol–water partition coefficient (Wildman–Crippen LogP) is -1.20. The molecule has 2 amide bonds. The third-order valence-electron chi connectivity index (χ3n) is 4.05.